The van der Waals surface area contributed by atoms with Crippen LogP contribution >= 0.6 is 0 Å². The van der Waals surface area contributed by atoms with E-state index in [0.29, 0.717) is 0 Å². The number of rotatable bonds is 0. The van der Waals surface area contributed by atoms with Crippen LogP contribution in [0, 0.1) is 0 Å². The lowest BCUT2D eigenvalue weighted by Crippen LogP contribution is -2.42. The minimum Gasteiger partial charge on any atom is -0.304 e. The zero-order valence-electron chi connectivity index (χ0n) is 15.7. The van der Waals surface area contributed by atoms with Crippen LogP contribution < -0.4 is 0 Å². The van der Waals surface area contributed by atoms with Gasteiger partial charge in [0.1, 0.15) is 0 Å². The first-order valence-electron chi connectivity index (χ1n) is 8.16. The Morgan fingerprint density at radius 3 is 0.611 bits per heavy atom. The molecule has 0 amide bonds. The van der Waals surface area contributed by atoms with Crippen molar-refractivity contribution in [2.45, 2.75) is 69.2 Å². The van der Waals surface area contributed by atoms with Gasteiger partial charge in [-0.2, -0.15) is 0 Å². The van der Waals surface area contributed by atoms with Crippen LogP contribution in [-0.2, 0) is 0 Å². The topological polar surface area (TPSA) is 6.48 Å². The van der Waals surface area contributed by atoms with Crippen molar-refractivity contribution in [1.82, 2.24) is 9.80 Å². The van der Waals surface area contributed by atoms with Gasteiger partial charge in [-0.05, 0) is 14.1 Å². The van der Waals surface area contributed by atoms with E-state index in [0.717, 1.165) is 0 Å². The summed E-state index contributed by atoms with van der Waals surface area (Å²) in [7, 11) is 4.35. The third kappa shape index (κ3) is 36.0. The summed E-state index contributed by atoms with van der Waals surface area (Å²) in [5.74, 6) is 0. The monoisotopic (exact) mass is 264 g/mol. The molecular formula is C16H44N2. The lowest BCUT2D eigenvalue weighted by Gasteiger charge is -2.28. The van der Waals surface area contributed by atoms with E-state index in [2.05, 4.69) is 23.9 Å². The molecule has 0 bridgehead atoms. The number of piperazine rings is 1. The molecule has 0 N–H and O–H groups in total. The number of likely N-dealkylation sites (N-methyl/N-ethyl adjacent to an activating group) is 2. The lowest BCUT2D eigenvalue weighted by atomic mass is 10.4. The van der Waals surface area contributed by atoms with Crippen molar-refractivity contribution in [2.75, 3.05) is 40.3 Å². The quantitative estimate of drug-likeness (QED) is 0.608. The molecule has 1 saturated heterocycles. The van der Waals surface area contributed by atoms with Gasteiger partial charge in [0, 0.05) is 26.2 Å². The Hall–Kier alpha value is -0.0800. The standard InChI is InChI=1S/C6H14N2.5C2H6/c1-7-3-5-8(2)6-4-7;5*1-2/h3-6H2,1-2H3;5*1-2H3. The fourth-order valence-corrected chi connectivity index (χ4v) is 0.906. The maximum atomic E-state index is 2.36. The van der Waals surface area contributed by atoms with E-state index in [1.54, 1.807) is 0 Å². The first kappa shape index (κ1) is 30.7. The predicted molar refractivity (Wildman–Crippen MR) is 91.7 cm³/mol. The van der Waals surface area contributed by atoms with E-state index >= 15 is 0 Å². The molecule has 1 aliphatic rings. The first-order valence-corrected chi connectivity index (χ1v) is 8.16. The van der Waals surface area contributed by atoms with E-state index < -0.39 is 0 Å². The van der Waals surface area contributed by atoms with Gasteiger partial charge >= 0.3 is 0 Å². The van der Waals surface area contributed by atoms with Gasteiger partial charge in [0.2, 0.25) is 0 Å². The van der Waals surface area contributed by atoms with Crippen molar-refractivity contribution in [3.8, 4) is 0 Å². The van der Waals surface area contributed by atoms with Crippen molar-refractivity contribution >= 4 is 0 Å². The Kier molecular flexibility index (Phi) is 74.4. The minimum absolute atomic E-state index is 1.23. The summed E-state index contributed by atoms with van der Waals surface area (Å²) >= 11 is 0. The Labute approximate surface area is 120 Å². The van der Waals surface area contributed by atoms with Gasteiger partial charge in [-0.25, -0.2) is 0 Å². The molecular weight excluding hydrogens is 220 g/mol. The van der Waals surface area contributed by atoms with Crippen LogP contribution in [0.3, 0.4) is 0 Å². The Morgan fingerprint density at radius 2 is 0.500 bits per heavy atom. The maximum absolute atomic E-state index is 2.36. The van der Waals surface area contributed by atoms with Crippen LogP contribution in [0.15, 0.2) is 0 Å². The highest BCUT2D eigenvalue weighted by molar-refractivity contribution is 4.64. The van der Waals surface area contributed by atoms with Crippen molar-refractivity contribution < 1.29 is 0 Å². The predicted octanol–water partition coefficient (Wildman–Crippen LogP) is 4.99. The third-order valence-electron chi connectivity index (χ3n) is 1.73. The molecule has 2 nitrogen and oxygen atoms in total. The molecule has 118 valence electrons. The van der Waals surface area contributed by atoms with Crippen molar-refractivity contribution in [1.29, 1.82) is 0 Å². The third-order valence-corrected chi connectivity index (χ3v) is 1.73. The Morgan fingerprint density at radius 1 is 0.389 bits per heavy atom. The second-order valence-electron chi connectivity index (χ2n) is 2.61. The van der Waals surface area contributed by atoms with Gasteiger partial charge in [-0.15, -0.1) is 0 Å². The van der Waals surface area contributed by atoms with Gasteiger partial charge in [0.15, 0.2) is 0 Å². The van der Waals surface area contributed by atoms with Crippen LogP contribution in [0.5, 0.6) is 0 Å². The molecule has 1 aliphatic heterocycles. The summed E-state index contributed by atoms with van der Waals surface area (Å²) in [4.78, 5) is 4.72. The molecule has 0 aliphatic carbocycles. The highest BCUT2D eigenvalue weighted by Crippen LogP contribution is 1.93. The van der Waals surface area contributed by atoms with Crippen LogP contribution in [0.2, 0.25) is 0 Å². The van der Waals surface area contributed by atoms with Gasteiger partial charge in [-0.3, -0.25) is 0 Å². The minimum atomic E-state index is 1.23. The summed E-state index contributed by atoms with van der Waals surface area (Å²) in [6.45, 7) is 24.9. The molecule has 0 spiro atoms. The van der Waals surface area contributed by atoms with Crippen LogP contribution in [0.1, 0.15) is 69.2 Å². The Bertz CT molecular complexity index is 57.5. The van der Waals surface area contributed by atoms with Crippen molar-refractivity contribution in [3.05, 3.63) is 0 Å². The normalized spacial score (nSPS) is 13.3. The van der Waals surface area contributed by atoms with Gasteiger partial charge in [0.25, 0.3) is 0 Å². The smallest absolute Gasteiger partial charge is 0.0107 e. The van der Waals surface area contributed by atoms with E-state index in [4.69, 9.17) is 0 Å². The van der Waals surface area contributed by atoms with Gasteiger partial charge in [0.05, 0.1) is 0 Å². The molecule has 0 saturated carbocycles. The van der Waals surface area contributed by atoms with Gasteiger partial charge in [-0.1, -0.05) is 69.2 Å². The lowest BCUT2D eigenvalue weighted by molar-refractivity contribution is 0.181. The summed E-state index contributed by atoms with van der Waals surface area (Å²) in [6, 6.07) is 0. The second kappa shape index (κ2) is 43.6. The molecule has 18 heavy (non-hydrogen) atoms. The van der Waals surface area contributed by atoms with E-state index in [1.165, 1.54) is 26.2 Å². The molecule has 1 fully saturated rings. The van der Waals surface area contributed by atoms with Crippen LogP contribution in [-0.4, -0.2) is 50.1 Å². The molecule has 0 atom stereocenters. The summed E-state index contributed by atoms with van der Waals surface area (Å²) in [6.07, 6.45) is 0. The van der Waals surface area contributed by atoms with Crippen molar-refractivity contribution in [2.24, 2.45) is 0 Å². The molecule has 0 aromatic rings. The van der Waals surface area contributed by atoms with Crippen LogP contribution in [0.4, 0.5) is 0 Å². The molecule has 0 radical (unpaired) electrons. The summed E-state index contributed by atoms with van der Waals surface area (Å²) in [5.41, 5.74) is 0. The number of hydrogen-bond donors (Lipinski definition) is 0. The molecule has 0 unspecified atom stereocenters. The fraction of sp³-hybridized carbons (Fsp3) is 1.00. The maximum Gasteiger partial charge on any atom is 0.0107 e. The van der Waals surface area contributed by atoms with E-state index in [-0.39, 0.29) is 0 Å². The molecule has 1 heterocycles. The summed E-state index contributed by atoms with van der Waals surface area (Å²) in [5, 5.41) is 0. The van der Waals surface area contributed by atoms with Gasteiger partial charge < -0.3 is 9.80 Å². The van der Waals surface area contributed by atoms with E-state index in [9.17, 15) is 0 Å². The summed E-state index contributed by atoms with van der Waals surface area (Å²) < 4.78 is 0. The number of hydrogen-bond acceptors (Lipinski definition) is 2. The SMILES string of the molecule is CC.CC.CC.CC.CC.CN1CCN(C)CC1. The first-order chi connectivity index (χ1) is 8.79. The highest BCUT2D eigenvalue weighted by atomic mass is 15.2. The fourth-order valence-electron chi connectivity index (χ4n) is 0.906. The average molecular weight is 265 g/mol. The largest absolute Gasteiger partial charge is 0.304 e. The molecule has 0 aromatic heterocycles. The molecule has 2 heteroatoms. The average Bonchev–Trinajstić information content (AvgIpc) is 2.52. The van der Waals surface area contributed by atoms with Crippen LogP contribution in [0.25, 0.3) is 0 Å². The Balaban J connectivity index is -0.0000000482. The number of nitrogens with zero attached hydrogens (tertiary/aromatic N) is 2. The van der Waals surface area contributed by atoms with E-state index in [1.807, 2.05) is 69.2 Å². The zero-order chi connectivity index (χ0) is 16.0. The zero-order valence-corrected chi connectivity index (χ0v) is 15.7. The van der Waals surface area contributed by atoms with Crippen molar-refractivity contribution in [3.63, 3.8) is 0 Å². The molecule has 1 rings (SSSR count). The highest BCUT2D eigenvalue weighted by Gasteiger charge is 2.07. The second-order valence-corrected chi connectivity index (χ2v) is 2.61. The molecule has 0 aromatic carbocycles.